The summed E-state index contributed by atoms with van der Waals surface area (Å²) in [6.07, 6.45) is 19.1. The maximum atomic E-state index is 2.32. The minimum absolute atomic E-state index is 1.17. The molecule has 0 aliphatic carbocycles. The molecule has 0 aromatic rings. The lowest BCUT2D eigenvalue weighted by Gasteiger charge is -2.02. The van der Waals surface area contributed by atoms with Gasteiger partial charge in [-0.05, 0) is 19.2 Å². The molecule has 0 radical (unpaired) electrons. The van der Waals surface area contributed by atoms with E-state index in [-0.39, 0.29) is 0 Å². The largest absolute Gasteiger partial charge is 0.125 e. The van der Waals surface area contributed by atoms with Gasteiger partial charge in [0.1, 0.15) is 0 Å². The number of rotatable bonds is 13. The first-order valence-corrected chi connectivity index (χ1v) is 9.27. The van der Waals surface area contributed by atoms with Crippen molar-refractivity contribution in [3.63, 3.8) is 0 Å². The lowest BCUT2D eigenvalue weighted by Crippen LogP contribution is -1.83. The Hall–Kier alpha value is 0.430. The lowest BCUT2D eigenvalue weighted by molar-refractivity contribution is 0.548. The molecule has 1 atom stereocenters. The molecular formula is C15H33P. The molecule has 0 nitrogen and oxygen atoms in total. The van der Waals surface area contributed by atoms with Gasteiger partial charge in [0.15, 0.2) is 0 Å². The van der Waals surface area contributed by atoms with Gasteiger partial charge >= 0.3 is 0 Å². The fraction of sp³-hybridized carbons (Fsp3) is 1.00. The Labute approximate surface area is 106 Å². The van der Waals surface area contributed by atoms with Gasteiger partial charge in [0.05, 0.1) is 0 Å². The molecule has 1 heteroatoms. The van der Waals surface area contributed by atoms with Gasteiger partial charge in [-0.3, -0.25) is 0 Å². The van der Waals surface area contributed by atoms with E-state index in [4.69, 9.17) is 0 Å². The molecule has 16 heavy (non-hydrogen) atoms. The quantitative estimate of drug-likeness (QED) is 0.275. The summed E-state index contributed by atoms with van der Waals surface area (Å²) in [7, 11) is 1.17. The van der Waals surface area contributed by atoms with Gasteiger partial charge in [-0.1, -0.05) is 77.6 Å². The minimum Gasteiger partial charge on any atom is -0.125 e. The highest BCUT2D eigenvalue weighted by atomic mass is 31.1. The fourth-order valence-electron chi connectivity index (χ4n) is 2.14. The summed E-state index contributed by atoms with van der Waals surface area (Å²) in [5.74, 6) is 0. The molecule has 1 unspecified atom stereocenters. The van der Waals surface area contributed by atoms with E-state index in [9.17, 15) is 0 Å². The Morgan fingerprint density at radius 3 is 1.31 bits per heavy atom. The maximum Gasteiger partial charge on any atom is -0.0356 e. The Balaban J connectivity index is 2.83. The van der Waals surface area contributed by atoms with E-state index in [1.165, 1.54) is 91.8 Å². The topological polar surface area (TPSA) is 0 Å². The Morgan fingerprint density at radius 2 is 0.938 bits per heavy atom. The maximum absolute atomic E-state index is 2.32. The molecule has 0 aliphatic heterocycles. The van der Waals surface area contributed by atoms with Crippen LogP contribution in [0.5, 0.6) is 0 Å². The van der Waals surface area contributed by atoms with Gasteiger partial charge < -0.3 is 0 Å². The SMILES string of the molecule is CCCCCCCCCCCCCCPC. The molecule has 0 N–H and O–H groups in total. The highest BCUT2D eigenvalue weighted by Crippen LogP contribution is 2.13. The van der Waals surface area contributed by atoms with E-state index in [1.54, 1.807) is 0 Å². The Morgan fingerprint density at radius 1 is 0.562 bits per heavy atom. The average molecular weight is 244 g/mol. The van der Waals surface area contributed by atoms with Gasteiger partial charge in [0.2, 0.25) is 0 Å². The second-order valence-electron chi connectivity index (χ2n) is 4.99. The number of unbranched alkanes of at least 4 members (excludes halogenated alkanes) is 11. The summed E-state index contributed by atoms with van der Waals surface area (Å²) in [6.45, 7) is 4.61. The Bertz CT molecular complexity index is 98.0. The average Bonchev–Trinajstić information content (AvgIpc) is 2.31. The van der Waals surface area contributed by atoms with E-state index in [0.29, 0.717) is 0 Å². The van der Waals surface area contributed by atoms with Crippen LogP contribution in [0, 0.1) is 0 Å². The van der Waals surface area contributed by atoms with Crippen LogP contribution in [0.2, 0.25) is 0 Å². The zero-order chi connectivity index (χ0) is 11.9. The lowest BCUT2D eigenvalue weighted by atomic mass is 10.1. The van der Waals surface area contributed by atoms with Crippen LogP contribution in [0.4, 0.5) is 0 Å². The summed E-state index contributed by atoms with van der Waals surface area (Å²) < 4.78 is 0. The standard InChI is InChI=1S/C15H33P/c1-3-4-5-6-7-8-9-10-11-12-13-14-15-16-2/h16H,3-15H2,1-2H3. The van der Waals surface area contributed by atoms with Gasteiger partial charge in [0, 0.05) is 0 Å². The second-order valence-corrected chi connectivity index (χ2v) is 6.20. The van der Waals surface area contributed by atoms with E-state index in [0.717, 1.165) is 0 Å². The predicted octanol–water partition coefficient (Wildman–Crippen LogP) is 6.00. The van der Waals surface area contributed by atoms with Crippen LogP contribution in [0.3, 0.4) is 0 Å². The monoisotopic (exact) mass is 244 g/mol. The van der Waals surface area contributed by atoms with Gasteiger partial charge in [-0.2, -0.15) is 0 Å². The van der Waals surface area contributed by atoms with E-state index in [1.807, 2.05) is 0 Å². The molecule has 0 heterocycles. The molecule has 0 fully saturated rings. The second kappa shape index (κ2) is 15.4. The summed E-state index contributed by atoms with van der Waals surface area (Å²) >= 11 is 0. The van der Waals surface area contributed by atoms with Crippen molar-refractivity contribution in [1.29, 1.82) is 0 Å². The molecular weight excluding hydrogens is 211 g/mol. The first-order chi connectivity index (χ1) is 7.91. The zero-order valence-electron chi connectivity index (χ0n) is 11.7. The van der Waals surface area contributed by atoms with Gasteiger partial charge in [-0.25, -0.2) is 0 Å². The highest BCUT2D eigenvalue weighted by Gasteiger charge is 1.92. The van der Waals surface area contributed by atoms with E-state index >= 15 is 0 Å². The molecule has 98 valence electrons. The summed E-state index contributed by atoms with van der Waals surface area (Å²) in [6, 6.07) is 0. The zero-order valence-corrected chi connectivity index (χ0v) is 12.7. The molecule has 0 aromatic carbocycles. The molecule has 0 amide bonds. The van der Waals surface area contributed by atoms with Crippen molar-refractivity contribution >= 4 is 8.58 Å². The van der Waals surface area contributed by atoms with Crippen LogP contribution >= 0.6 is 8.58 Å². The molecule has 0 rings (SSSR count). The third-order valence-corrected chi connectivity index (χ3v) is 4.13. The van der Waals surface area contributed by atoms with Crippen molar-refractivity contribution in [2.75, 3.05) is 12.8 Å². The van der Waals surface area contributed by atoms with Crippen molar-refractivity contribution in [3.8, 4) is 0 Å². The van der Waals surface area contributed by atoms with Crippen molar-refractivity contribution in [1.82, 2.24) is 0 Å². The minimum atomic E-state index is 1.17. The fourth-order valence-corrected chi connectivity index (χ4v) is 2.75. The molecule has 0 saturated carbocycles. The third-order valence-electron chi connectivity index (χ3n) is 3.28. The van der Waals surface area contributed by atoms with Gasteiger partial charge in [0.25, 0.3) is 0 Å². The number of hydrogen-bond acceptors (Lipinski definition) is 0. The van der Waals surface area contributed by atoms with Crippen LogP contribution in [-0.4, -0.2) is 12.8 Å². The van der Waals surface area contributed by atoms with Crippen LogP contribution in [0.15, 0.2) is 0 Å². The summed E-state index contributed by atoms with van der Waals surface area (Å²) in [5.41, 5.74) is 0. The highest BCUT2D eigenvalue weighted by molar-refractivity contribution is 7.36. The smallest absolute Gasteiger partial charge is 0.0356 e. The van der Waals surface area contributed by atoms with E-state index < -0.39 is 0 Å². The van der Waals surface area contributed by atoms with Gasteiger partial charge in [-0.15, -0.1) is 8.58 Å². The van der Waals surface area contributed by atoms with Crippen LogP contribution < -0.4 is 0 Å². The van der Waals surface area contributed by atoms with Crippen LogP contribution in [0.25, 0.3) is 0 Å². The summed E-state index contributed by atoms with van der Waals surface area (Å²) in [5, 5.41) is 0. The predicted molar refractivity (Wildman–Crippen MR) is 80.2 cm³/mol. The third kappa shape index (κ3) is 14.4. The first-order valence-electron chi connectivity index (χ1n) is 7.56. The molecule has 0 saturated heterocycles. The normalized spacial score (nSPS) is 11.6. The molecule has 0 bridgehead atoms. The van der Waals surface area contributed by atoms with Crippen molar-refractivity contribution < 1.29 is 0 Å². The van der Waals surface area contributed by atoms with Crippen LogP contribution in [-0.2, 0) is 0 Å². The molecule has 0 aliphatic rings. The van der Waals surface area contributed by atoms with Crippen molar-refractivity contribution in [2.45, 2.75) is 84.0 Å². The summed E-state index contributed by atoms with van der Waals surface area (Å²) in [4.78, 5) is 0. The molecule has 0 aromatic heterocycles. The van der Waals surface area contributed by atoms with E-state index in [2.05, 4.69) is 13.6 Å². The van der Waals surface area contributed by atoms with Crippen LogP contribution in [0.1, 0.15) is 84.0 Å². The Kier molecular flexibility index (Phi) is 15.8. The molecule has 0 spiro atoms. The van der Waals surface area contributed by atoms with Crippen molar-refractivity contribution in [2.24, 2.45) is 0 Å². The first kappa shape index (κ1) is 16.4. The van der Waals surface area contributed by atoms with Crippen molar-refractivity contribution in [3.05, 3.63) is 0 Å². The number of hydrogen-bond donors (Lipinski definition) is 0.